The molecule has 1 N–H and O–H groups in total. The van der Waals surface area contributed by atoms with Crippen LogP contribution in [-0.4, -0.2) is 39.5 Å². The number of aryl methyl sites for hydroxylation is 1. The SMILES string of the molecule is COc1cc(C)ccc1OCCOCCNC1CCCC1. The molecule has 1 aliphatic carbocycles. The summed E-state index contributed by atoms with van der Waals surface area (Å²) in [5.41, 5.74) is 1.16. The fraction of sp³-hybridized carbons (Fsp3) is 0.647. The zero-order valence-electron chi connectivity index (χ0n) is 13.2. The molecule has 0 unspecified atom stereocenters. The Hall–Kier alpha value is -1.26. The molecule has 2 rings (SSSR count). The summed E-state index contributed by atoms with van der Waals surface area (Å²) >= 11 is 0. The minimum absolute atomic E-state index is 0.544. The molecule has 21 heavy (non-hydrogen) atoms. The minimum Gasteiger partial charge on any atom is -0.493 e. The van der Waals surface area contributed by atoms with Gasteiger partial charge in [-0.1, -0.05) is 18.9 Å². The number of nitrogens with one attached hydrogen (secondary N) is 1. The fourth-order valence-corrected chi connectivity index (χ4v) is 2.67. The number of hydrogen-bond acceptors (Lipinski definition) is 4. The summed E-state index contributed by atoms with van der Waals surface area (Å²) in [6.45, 7) is 4.85. The second-order valence-electron chi connectivity index (χ2n) is 5.55. The Bertz CT molecular complexity index is 416. The molecule has 0 bridgehead atoms. The summed E-state index contributed by atoms with van der Waals surface area (Å²) in [7, 11) is 1.66. The van der Waals surface area contributed by atoms with Gasteiger partial charge in [0.2, 0.25) is 0 Å². The molecule has 118 valence electrons. The monoisotopic (exact) mass is 293 g/mol. The lowest BCUT2D eigenvalue weighted by Crippen LogP contribution is -2.29. The van der Waals surface area contributed by atoms with E-state index in [0.29, 0.717) is 19.3 Å². The van der Waals surface area contributed by atoms with Crippen LogP contribution in [0.3, 0.4) is 0 Å². The van der Waals surface area contributed by atoms with Crippen LogP contribution >= 0.6 is 0 Å². The van der Waals surface area contributed by atoms with Crippen LogP contribution in [0.4, 0.5) is 0 Å². The molecule has 1 saturated carbocycles. The lowest BCUT2D eigenvalue weighted by molar-refractivity contribution is 0.0992. The van der Waals surface area contributed by atoms with E-state index in [4.69, 9.17) is 14.2 Å². The standard InChI is InChI=1S/C17H27NO3/c1-14-7-8-16(17(13-14)19-2)21-12-11-20-10-9-18-15-5-3-4-6-15/h7-8,13,15,18H,3-6,9-12H2,1-2H3. The lowest BCUT2D eigenvalue weighted by atomic mass is 10.2. The molecule has 0 saturated heterocycles. The molecule has 4 nitrogen and oxygen atoms in total. The van der Waals surface area contributed by atoms with E-state index in [0.717, 1.165) is 30.2 Å². The molecule has 0 aromatic heterocycles. The predicted octanol–water partition coefficient (Wildman–Crippen LogP) is 2.93. The van der Waals surface area contributed by atoms with Crippen LogP contribution in [0.5, 0.6) is 11.5 Å². The highest BCUT2D eigenvalue weighted by molar-refractivity contribution is 5.42. The normalized spacial score (nSPS) is 15.3. The van der Waals surface area contributed by atoms with Crippen LogP contribution in [0.2, 0.25) is 0 Å². The van der Waals surface area contributed by atoms with E-state index in [2.05, 4.69) is 5.32 Å². The first-order valence-electron chi connectivity index (χ1n) is 7.88. The summed E-state index contributed by atoms with van der Waals surface area (Å²) in [5, 5.41) is 3.53. The Balaban J connectivity index is 1.55. The average Bonchev–Trinajstić information content (AvgIpc) is 3.00. The van der Waals surface area contributed by atoms with Crippen molar-refractivity contribution in [2.75, 3.05) is 33.5 Å². The predicted molar refractivity (Wildman–Crippen MR) is 84.3 cm³/mol. The Morgan fingerprint density at radius 1 is 1.10 bits per heavy atom. The molecule has 1 aromatic carbocycles. The molecular weight excluding hydrogens is 266 g/mol. The van der Waals surface area contributed by atoms with E-state index in [1.165, 1.54) is 25.7 Å². The molecule has 0 aliphatic heterocycles. The van der Waals surface area contributed by atoms with Gasteiger partial charge >= 0.3 is 0 Å². The van der Waals surface area contributed by atoms with Gasteiger partial charge in [-0.25, -0.2) is 0 Å². The van der Waals surface area contributed by atoms with Crippen LogP contribution in [0.1, 0.15) is 31.2 Å². The van der Waals surface area contributed by atoms with Crippen molar-refractivity contribution in [1.82, 2.24) is 5.32 Å². The molecule has 0 amide bonds. The van der Waals surface area contributed by atoms with Gasteiger partial charge in [0.25, 0.3) is 0 Å². The molecule has 0 atom stereocenters. The van der Waals surface area contributed by atoms with Crippen molar-refractivity contribution in [2.45, 2.75) is 38.6 Å². The van der Waals surface area contributed by atoms with Gasteiger partial charge in [-0.3, -0.25) is 0 Å². The molecule has 1 aliphatic rings. The molecule has 0 spiro atoms. The van der Waals surface area contributed by atoms with Crippen LogP contribution in [-0.2, 0) is 4.74 Å². The van der Waals surface area contributed by atoms with Gasteiger partial charge in [0, 0.05) is 12.6 Å². The zero-order valence-corrected chi connectivity index (χ0v) is 13.2. The van der Waals surface area contributed by atoms with E-state index in [1.54, 1.807) is 7.11 Å². The number of benzene rings is 1. The number of ether oxygens (including phenoxy) is 3. The van der Waals surface area contributed by atoms with E-state index in [1.807, 2.05) is 25.1 Å². The summed E-state index contributed by atoms with van der Waals surface area (Å²) in [6.07, 6.45) is 5.36. The summed E-state index contributed by atoms with van der Waals surface area (Å²) in [6, 6.07) is 6.64. The van der Waals surface area contributed by atoms with Gasteiger partial charge < -0.3 is 19.5 Å². The van der Waals surface area contributed by atoms with Crippen molar-refractivity contribution in [1.29, 1.82) is 0 Å². The third kappa shape index (κ3) is 5.56. The first-order valence-corrected chi connectivity index (χ1v) is 7.88. The van der Waals surface area contributed by atoms with E-state index < -0.39 is 0 Å². The highest BCUT2D eigenvalue weighted by Gasteiger charge is 2.13. The van der Waals surface area contributed by atoms with Crippen molar-refractivity contribution in [3.8, 4) is 11.5 Å². The lowest BCUT2D eigenvalue weighted by Gasteiger charge is -2.13. The van der Waals surface area contributed by atoms with Crippen molar-refractivity contribution >= 4 is 0 Å². The first kappa shape index (κ1) is 16.1. The molecule has 0 heterocycles. The largest absolute Gasteiger partial charge is 0.493 e. The highest BCUT2D eigenvalue weighted by Crippen LogP contribution is 2.27. The quantitative estimate of drug-likeness (QED) is 0.711. The Labute approximate surface area is 127 Å². The maximum Gasteiger partial charge on any atom is 0.161 e. The van der Waals surface area contributed by atoms with Gasteiger partial charge in [0.1, 0.15) is 6.61 Å². The summed E-state index contributed by atoms with van der Waals surface area (Å²) < 4.78 is 16.6. The average molecular weight is 293 g/mol. The topological polar surface area (TPSA) is 39.7 Å². The van der Waals surface area contributed by atoms with E-state index in [-0.39, 0.29) is 0 Å². The Morgan fingerprint density at radius 3 is 2.67 bits per heavy atom. The number of rotatable bonds is 9. The van der Waals surface area contributed by atoms with Crippen LogP contribution < -0.4 is 14.8 Å². The van der Waals surface area contributed by atoms with Crippen LogP contribution in [0.15, 0.2) is 18.2 Å². The van der Waals surface area contributed by atoms with Gasteiger partial charge in [-0.05, 0) is 37.5 Å². The minimum atomic E-state index is 0.544. The van der Waals surface area contributed by atoms with Gasteiger partial charge in [0.15, 0.2) is 11.5 Å². The fourth-order valence-electron chi connectivity index (χ4n) is 2.67. The second-order valence-corrected chi connectivity index (χ2v) is 5.55. The maximum absolute atomic E-state index is 5.69. The molecule has 4 heteroatoms. The Kier molecular flexibility index (Phi) is 6.83. The third-order valence-electron chi connectivity index (χ3n) is 3.84. The number of hydrogen-bond donors (Lipinski definition) is 1. The molecule has 1 fully saturated rings. The van der Waals surface area contributed by atoms with Gasteiger partial charge in [0.05, 0.1) is 20.3 Å². The third-order valence-corrected chi connectivity index (χ3v) is 3.84. The molecule has 0 radical (unpaired) electrons. The smallest absolute Gasteiger partial charge is 0.161 e. The van der Waals surface area contributed by atoms with Crippen LogP contribution in [0, 0.1) is 6.92 Å². The highest BCUT2D eigenvalue weighted by atomic mass is 16.5. The first-order chi connectivity index (χ1) is 10.3. The van der Waals surface area contributed by atoms with Crippen molar-refractivity contribution in [3.63, 3.8) is 0 Å². The maximum atomic E-state index is 5.69. The van der Waals surface area contributed by atoms with E-state index >= 15 is 0 Å². The van der Waals surface area contributed by atoms with Gasteiger partial charge in [-0.15, -0.1) is 0 Å². The summed E-state index contributed by atoms with van der Waals surface area (Å²) in [5.74, 6) is 1.55. The molecular formula is C17H27NO3. The van der Waals surface area contributed by atoms with Crippen molar-refractivity contribution in [2.24, 2.45) is 0 Å². The summed E-state index contributed by atoms with van der Waals surface area (Å²) in [4.78, 5) is 0. The zero-order chi connectivity index (χ0) is 14.9. The Morgan fingerprint density at radius 2 is 1.90 bits per heavy atom. The van der Waals surface area contributed by atoms with E-state index in [9.17, 15) is 0 Å². The van der Waals surface area contributed by atoms with Crippen molar-refractivity contribution < 1.29 is 14.2 Å². The number of methoxy groups -OCH3 is 1. The van der Waals surface area contributed by atoms with Gasteiger partial charge in [-0.2, -0.15) is 0 Å². The molecule has 1 aromatic rings. The van der Waals surface area contributed by atoms with Crippen molar-refractivity contribution in [3.05, 3.63) is 23.8 Å². The van der Waals surface area contributed by atoms with Crippen LogP contribution in [0.25, 0.3) is 0 Å². The second kappa shape index (κ2) is 8.90.